The van der Waals surface area contributed by atoms with Crippen LogP contribution in [-0.4, -0.2) is 24.0 Å². The zero-order valence-electron chi connectivity index (χ0n) is 15.0. The van der Waals surface area contributed by atoms with E-state index in [1.807, 2.05) is 30.3 Å². The number of nitrogens with one attached hydrogen (secondary N) is 2. The van der Waals surface area contributed by atoms with Gasteiger partial charge in [-0.3, -0.25) is 9.59 Å². The smallest absolute Gasteiger partial charge is 0.251 e. The van der Waals surface area contributed by atoms with Gasteiger partial charge in [-0.05, 0) is 48.9 Å². The second kappa shape index (κ2) is 7.24. The van der Waals surface area contributed by atoms with Gasteiger partial charge in [-0.25, -0.2) is 0 Å². The number of hydrogen-bond acceptors (Lipinski definition) is 3. The van der Waals surface area contributed by atoms with E-state index in [0.717, 1.165) is 36.0 Å². The van der Waals surface area contributed by atoms with Crippen molar-refractivity contribution in [2.75, 3.05) is 7.11 Å². The van der Waals surface area contributed by atoms with Crippen molar-refractivity contribution < 1.29 is 9.53 Å². The monoisotopic (exact) mass is 384 g/mol. The highest BCUT2D eigenvalue weighted by molar-refractivity contribution is 6.32. The Labute approximate surface area is 162 Å². The number of H-pyrrole nitrogens is 1. The number of pyridine rings is 1. The van der Waals surface area contributed by atoms with Gasteiger partial charge < -0.3 is 15.0 Å². The van der Waals surface area contributed by atoms with Crippen LogP contribution in [0.15, 0.2) is 41.2 Å². The van der Waals surface area contributed by atoms with Crippen LogP contribution in [0.3, 0.4) is 0 Å². The second-order valence-electron chi connectivity index (χ2n) is 7.07. The van der Waals surface area contributed by atoms with Crippen molar-refractivity contribution >= 4 is 23.1 Å². The Morgan fingerprint density at radius 3 is 2.59 bits per heavy atom. The maximum atomic E-state index is 12.5. The van der Waals surface area contributed by atoms with Gasteiger partial charge in [0.1, 0.15) is 5.75 Å². The van der Waals surface area contributed by atoms with Crippen molar-refractivity contribution in [3.05, 3.63) is 68.6 Å². The van der Waals surface area contributed by atoms with Crippen LogP contribution in [0.2, 0.25) is 5.02 Å². The predicted octanol–water partition coefficient (Wildman–Crippen LogP) is 3.62. The summed E-state index contributed by atoms with van der Waals surface area (Å²) >= 11 is 6.31. The number of carbonyl (C=O) groups excluding carboxylic acids is 1. The molecular weight excluding hydrogens is 364 g/mol. The van der Waals surface area contributed by atoms with E-state index in [1.54, 1.807) is 13.2 Å². The lowest BCUT2D eigenvalue weighted by Gasteiger charge is -2.14. The van der Waals surface area contributed by atoms with Gasteiger partial charge in [-0.2, -0.15) is 0 Å². The maximum Gasteiger partial charge on any atom is 0.251 e. The summed E-state index contributed by atoms with van der Waals surface area (Å²) in [5, 5.41) is 3.44. The molecular formula is C21H21ClN2O3. The van der Waals surface area contributed by atoms with Crippen LogP contribution in [0.5, 0.6) is 5.75 Å². The van der Waals surface area contributed by atoms with Crippen molar-refractivity contribution in [3.8, 4) is 5.75 Å². The molecule has 2 fully saturated rings. The van der Waals surface area contributed by atoms with Gasteiger partial charge in [0.15, 0.2) is 0 Å². The highest BCUT2D eigenvalue weighted by atomic mass is 35.5. The Hall–Kier alpha value is -2.53. The molecule has 1 atom stereocenters. The lowest BCUT2D eigenvalue weighted by atomic mass is 9.98. The summed E-state index contributed by atoms with van der Waals surface area (Å²) < 4.78 is 5.23. The van der Waals surface area contributed by atoms with Crippen LogP contribution < -0.4 is 15.6 Å². The van der Waals surface area contributed by atoms with E-state index < -0.39 is 0 Å². The van der Waals surface area contributed by atoms with Gasteiger partial charge >= 0.3 is 0 Å². The van der Waals surface area contributed by atoms with Crippen LogP contribution >= 0.6 is 11.6 Å². The van der Waals surface area contributed by atoms with Crippen LogP contribution in [0.4, 0.5) is 0 Å². The quantitative estimate of drug-likeness (QED) is 0.827. The molecule has 2 aromatic rings. The summed E-state index contributed by atoms with van der Waals surface area (Å²) in [7, 11) is 1.57. The highest BCUT2D eigenvalue weighted by Crippen LogP contribution is 2.38. The highest BCUT2D eigenvalue weighted by Gasteiger charge is 2.26. The van der Waals surface area contributed by atoms with E-state index in [4.69, 9.17) is 16.3 Å². The number of aromatic amines is 1. The Balaban J connectivity index is 1.77. The summed E-state index contributed by atoms with van der Waals surface area (Å²) in [6.07, 6.45) is 5.39. The van der Waals surface area contributed by atoms with Crippen LogP contribution in [0.1, 0.15) is 48.4 Å². The SMILES string of the molecule is COc1ccc(C(=C[C@H]2CCC(=O)N2)c2ccc(C3CC3)c(=O)[nH]2)cc1Cl. The number of halogens is 1. The second-order valence-corrected chi connectivity index (χ2v) is 7.48. The van der Waals surface area contributed by atoms with E-state index in [2.05, 4.69) is 10.3 Å². The van der Waals surface area contributed by atoms with Crippen molar-refractivity contribution in [1.82, 2.24) is 10.3 Å². The third kappa shape index (κ3) is 3.78. The molecule has 1 amide bonds. The lowest BCUT2D eigenvalue weighted by molar-refractivity contribution is -0.119. The molecule has 27 heavy (non-hydrogen) atoms. The molecule has 1 saturated carbocycles. The molecule has 140 valence electrons. The Morgan fingerprint density at radius 1 is 1.19 bits per heavy atom. The lowest BCUT2D eigenvalue weighted by Crippen LogP contribution is -2.23. The topological polar surface area (TPSA) is 71.2 Å². The normalized spacial score (nSPS) is 19.9. The zero-order chi connectivity index (χ0) is 19.0. The summed E-state index contributed by atoms with van der Waals surface area (Å²) in [5.41, 5.74) is 3.21. The Morgan fingerprint density at radius 2 is 2.00 bits per heavy atom. The van der Waals surface area contributed by atoms with E-state index in [-0.39, 0.29) is 17.5 Å². The third-order valence-electron chi connectivity index (χ3n) is 5.11. The molecule has 1 aliphatic carbocycles. The summed E-state index contributed by atoms with van der Waals surface area (Å²) in [6, 6.07) is 9.31. The molecule has 2 N–H and O–H groups in total. The number of carbonyl (C=O) groups is 1. The van der Waals surface area contributed by atoms with Crippen molar-refractivity contribution in [1.29, 1.82) is 0 Å². The van der Waals surface area contributed by atoms with E-state index in [1.165, 1.54) is 0 Å². The van der Waals surface area contributed by atoms with Crippen LogP contribution in [0, 0.1) is 0 Å². The van der Waals surface area contributed by atoms with Crippen molar-refractivity contribution in [2.24, 2.45) is 0 Å². The molecule has 2 heterocycles. The van der Waals surface area contributed by atoms with E-state index in [9.17, 15) is 9.59 Å². The number of rotatable bonds is 5. The number of methoxy groups -OCH3 is 1. The molecule has 0 unspecified atom stereocenters. The molecule has 5 nitrogen and oxygen atoms in total. The van der Waals surface area contributed by atoms with Crippen LogP contribution in [0.25, 0.3) is 5.57 Å². The molecule has 0 bridgehead atoms. The number of hydrogen-bond donors (Lipinski definition) is 2. The van der Waals surface area contributed by atoms with E-state index >= 15 is 0 Å². The first-order valence-corrected chi connectivity index (χ1v) is 9.51. The largest absolute Gasteiger partial charge is 0.495 e. The Kier molecular flexibility index (Phi) is 4.79. The molecule has 1 aromatic heterocycles. The molecule has 1 aromatic carbocycles. The van der Waals surface area contributed by atoms with Gasteiger partial charge in [-0.15, -0.1) is 0 Å². The number of ether oxygens (including phenoxy) is 1. The fourth-order valence-electron chi connectivity index (χ4n) is 3.50. The Bertz CT molecular complexity index is 976. The number of benzene rings is 1. The van der Waals surface area contributed by atoms with Gasteiger partial charge in [0.25, 0.3) is 5.56 Å². The van der Waals surface area contributed by atoms with Gasteiger partial charge in [-0.1, -0.05) is 29.8 Å². The molecule has 1 saturated heterocycles. The van der Waals surface area contributed by atoms with Gasteiger partial charge in [0.05, 0.1) is 12.1 Å². The third-order valence-corrected chi connectivity index (χ3v) is 5.40. The first-order chi connectivity index (χ1) is 13.0. The minimum atomic E-state index is -0.0695. The number of aromatic nitrogens is 1. The predicted molar refractivity (Wildman–Crippen MR) is 105 cm³/mol. The minimum absolute atomic E-state index is 0.0425. The average molecular weight is 385 g/mol. The first-order valence-electron chi connectivity index (χ1n) is 9.14. The molecule has 0 spiro atoms. The van der Waals surface area contributed by atoms with Gasteiger partial charge in [0, 0.05) is 29.3 Å². The van der Waals surface area contributed by atoms with E-state index in [0.29, 0.717) is 28.8 Å². The van der Waals surface area contributed by atoms with Crippen molar-refractivity contribution in [2.45, 2.75) is 37.6 Å². The molecule has 4 rings (SSSR count). The summed E-state index contributed by atoms with van der Waals surface area (Å²) in [6.45, 7) is 0. The molecule has 0 radical (unpaired) electrons. The summed E-state index contributed by atoms with van der Waals surface area (Å²) in [5.74, 6) is 1.02. The summed E-state index contributed by atoms with van der Waals surface area (Å²) in [4.78, 5) is 27.1. The zero-order valence-corrected chi connectivity index (χ0v) is 15.8. The maximum absolute atomic E-state index is 12.5. The fourth-order valence-corrected chi connectivity index (χ4v) is 3.75. The molecule has 2 aliphatic rings. The van der Waals surface area contributed by atoms with Crippen LogP contribution in [-0.2, 0) is 4.79 Å². The first kappa shape index (κ1) is 17.9. The molecule has 6 heteroatoms. The fraction of sp³-hybridized carbons (Fsp3) is 0.333. The van der Waals surface area contributed by atoms with Crippen molar-refractivity contribution in [3.63, 3.8) is 0 Å². The average Bonchev–Trinajstić information content (AvgIpc) is 3.41. The minimum Gasteiger partial charge on any atom is -0.495 e. The standard InChI is InChI=1S/C21H21ClN2O3/c1-27-19-8-4-13(10-17(19)22)16(11-14-5-9-20(25)23-14)18-7-6-15(12-2-3-12)21(26)24-18/h4,6-8,10-12,14H,2-3,5,9H2,1H3,(H,23,25)(H,24,26)/t14-/m1/s1. The molecule has 1 aliphatic heterocycles. The number of amides is 1. The van der Waals surface area contributed by atoms with Gasteiger partial charge in [0.2, 0.25) is 5.91 Å².